The first-order chi connectivity index (χ1) is 10.3. The molecular formula is C17H17ClN2O2. The SMILES string of the molecule is COc1ccc2c(c1)C1Cc3ncccc3C(=O)N1CC2.Cl. The van der Waals surface area contributed by atoms with Gasteiger partial charge in [0.25, 0.3) is 5.91 Å². The van der Waals surface area contributed by atoms with Gasteiger partial charge in [0.05, 0.1) is 24.4 Å². The third kappa shape index (κ3) is 2.15. The maximum absolute atomic E-state index is 12.7. The van der Waals surface area contributed by atoms with Gasteiger partial charge in [-0.3, -0.25) is 9.78 Å². The Labute approximate surface area is 135 Å². The molecule has 0 saturated carbocycles. The Bertz CT molecular complexity index is 732. The number of benzene rings is 1. The number of amides is 1. The van der Waals surface area contributed by atoms with Crippen molar-refractivity contribution >= 4 is 18.3 Å². The van der Waals surface area contributed by atoms with Crippen molar-refractivity contribution in [3.05, 3.63) is 58.9 Å². The van der Waals surface area contributed by atoms with Gasteiger partial charge < -0.3 is 9.64 Å². The van der Waals surface area contributed by atoms with Crippen LogP contribution in [0.3, 0.4) is 0 Å². The van der Waals surface area contributed by atoms with Gasteiger partial charge in [-0.15, -0.1) is 12.4 Å². The van der Waals surface area contributed by atoms with Crippen LogP contribution in [0.5, 0.6) is 5.75 Å². The van der Waals surface area contributed by atoms with Crippen LogP contribution in [0.4, 0.5) is 0 Å². The van der Waals surface area contributed by atoms with E-state index in [4.69, 9.17) is 4.74 Å². The zero-order chi connectivity index (χ0) is 14.4. The summed E-state index contributed by atoms with van der Waals surface area (Å²) < 4.78 is 5.34. The summed E-state index contributed by atoms with van der Waals surface area (Å²) >= 11 is 0. The zero-order valence-electron chi connectivity index (χ0n) is 12.3. The number of methoxy groups -OCH3 is 1. The molecule has 1 amide bonds. The van der Waals surface area contributed by atoms with Crippen LogP contribution < -0.4 is 4.74 Å². The number of pyridine rings is 1. The summed E-state index contributed by atoms with van der Waals surface area (Å²) in [6.45, 7) is 0.775. The number of hydrogen-bond donors (Lipinski definition) is 0. The summed E-state index contributed by atoms with van der Waals surface area (Å²) in [6, 6.07) is 9.96. The molecule has 2 aliphatic rings. The normalized spacial score (nSPS) is 18.7. The second-order valence-electron chi connectivity index (χ2n) is 5.53. The van der Waals surface area contributed by atoms with Crippen LogP contribution in [0.25, 0.3) is 0 Å². The molecule has 1 atom stereocenters. The highest BCUT2D eigenvalue weighted by atomic mass is 35.5. The fourth-order valence-electron chi connectivity index (χ4n) is 3.40. The smallest absolute Gasteiger partial charge is 0.256 e. The molecule has 5 heteroatoms. The molecule has 1 unspecified atom stereocenters. The van der Waals surface area contributed by atoms with Crippen molar-refractivity contribution in [1.82, 2.24) is 9.88 Å². The summed E-state index contributed by atoms with van der Waals surface area (Å²) in [5, 5.41) is 0. The lowest BCUT2D eigenvalue weighted by molar-refractivity contribution is 0.0628. The van der Waals surface area contributed by atoms with Gasteiger partial charge in [-0.25, -0.2) is 0 Å². The Kier molecular flexibility index (Phi) is 3.79. The summed E-state index contributed by atoms with van der Waals surface area (Å²) in [7, 11) is 1.67. The lowest BCUT2D eigenvalue weighted by Gasteiger charge is -2.40. The molecule has 4 nitrogen and oxygen atoms in total. The van der Waals surface area contributed by atoms with Crippen molar-refractivity contribution < 1.29 is 9.53 Å². The first-order valence-corrected chi connectivity index (χ1v) is 7.19. The monoisotopic (exact) mass is 316 g/mol. The number of aromatic nitrogens is 1. The molecule has 22 heavy (non-hydrogen) atoms. The Hall–Kier alpha value is -2.07. The van der Waals surface area contributed by atoms with Gasteiger partial charge in [0.1, 0.15) is 5.75 Å². The average Bonchev–Trinajstić information content (AvgIpc) is 2.54. The lowest BCUT2D eigenvalue weighted by atomic mass is 9.85. The van der Waals surface area contributed by atoms with E-state index in [1.807, 2.05) is 23.1 Å². The van der Waals surface area contributed by atoms with Gasteiger partial charge in [-0.1, -0.05) is 6.07 Å². The molecule has 0 aliphatic carbocycles. The molecule has 4 rings (SSSR count). The molecule has 0 N–H and O–H groups in total. The molecule has 0 radical (unpaired) electrons. The van der Waals surface area contributed by atoms with Gasteiger partial charge >= 0.3 is 0 Å². The predicted molar refractivity (Wildman–Crippen MR) is 85.7 cm³/mol. The van der Waals surface area contributed by atoms with Crippen LogP contribution >= 0.6 is 12.4 Å². The van der Waals surface area contributed by atoms with Crippen LogP contribution in [0.2, 0.25) is 0 Å². The minimum absolute atomic E-state index is 0. The molecule has 1 aromatic carbocycles. The first-order valence-electron chi connectivity index (χ1n) is 7.19. The molecule has 3 heterocycles. The number of carbonyl (C=O) groups is 1. The van der Waals surface area contributed by atoms with Crippen LogP contribution in [-0.4, -0.2) is 29.4 Å². The first kappa shape index (κ1) is 14.9. The van der Waals surface area contributed by atoms with E-state index in [1.165, 1.54) is 11.1 Å². The van der Waals surface area contributed by atoms with E-state index >= 15 is 0 Å². The van der Waals surface area contributed by atoms with Crippen molar-refractivity contribution in [3.8, 4) is 5.75 Å². The molecule has 0 fully saturated rings. The topological polar surface area (TPSA) is 42.4 Å². The number of fused-ring (bicyclic) bond motifs is 4. The second-order valence-corrected chi connectivity index (χ2v) is 5.53. The number of nitrogens with zero attached hydrogens (tertiary/aromatic N) is 2. The average molecular weight is 317 g/mol. The number of hydrogen-bond acceptors (Lipinski definition) is 3. The van der Waals surface area contributed by atoms with Gasteiger partial charge in [-0.05, 0) is 41.8 Å². The van der Waals surface area contributed by atoms with E-state index in [0.717, 1.165) is 36.4 Å². The second kappa shape index (κ2) is 5.61. The summed E-state index contributed by atoms with van der Waals surface area (Å²) in [5.41, 5.74) is 4.16. The molecule has 0 spiro atoms. The Morgan fingerprint density at radius 2 is 2.18 bits per heavy atom. The van der Waals surface area contributed by atoms with Crippen LogP contribution in [0.15, 0.2) is 36.5 Å². The number of ether oxygens (including phenoxy) is 1. The van der Waals surface area contributed by atoms with E-state index < -0.39 is 0 Å². The molecule has 0 saturated heterocycles. The summed E-state index contributed by atoms with van der Waals surface area (Å²) in [5.74, 6) is 0.942. The van der Waals surface area contributed by atoms with Crippen molar-refractivity contribution in [2.24, 2.45) is 0 Å². The minimum Gasteiger partial charge on any atom is -0.497 e. The summed E-state index contributed by atoms with van der Waals surface area (Å²) in [4.78, 5) is 19.0. The highest BCUT2D eigenvalue weighted by molar-refractivity contribution is 5.96. The summed E-state index contributed by atoms with van der Waals surface area (Å²) in [6.07, 6.45) is 3.44. The largest absolute Gasteiger partial charge is 0.497 e. The van der Waals surface area contributed by atoms with Crippen molar-refractivity contribution in [2.45, 2.75) is 18.9 Å². The molecule has 0 bridgehead atoms. The Morgan fingerprint density at radius 3 is 3.00 bits per heavy atom. The quantitative estimate of drug-likeness (QED) is 0.812. The van der Waals surface area contributed by atoms with E-state index in [9.17, 15) is 4.79 Å². The highest BCUT2D eigenvalue weighted by Crippen LogP contribution is 2.38. The zero-order valence-corrected chi connectivity index (χ0v) is 13.1. The predicted octanol–water partition coefficient (Wildman–Crippen LogP) is 2.81. The van der Waals surface area contributed by atoms with Crippen molar-refractivity contribution in [3.63, 3.8) is 0 Å². The fraction of sp³-hybridized carbons (Fsp3) is 0.294. The molecular weight excluding hydrogens is 300 g/mol. The third-order valence-electron chi connectivity index (χ3n) is 4.48. The minimum atomic E-state index is 0. The third-order valence-corrected chi connectivity index (χ3v) is 4.48. The van der Waals surface area contributed by atoms with E-state index in [-0.39, 0.29) is 24.4 Å². The molecule has 2 aromatic rings. The molecule has 1 aromatic heterocycles. The van der Waals surface area contributed by atoms with Crippen LogP contribution in [0, 0.1) is 0 Å². The van der Waals surface area contributed by atoms with E-state index in [0.29, 0.717) is 0 Å². The van der Waals surface area contributed by atoms with Gasteiger partial charge in [0.15, 0.2) is 0 Å². The molecule has 114 valence electrons. The molecule has 2 aliphatic heterocycles. The maximum Gasteiger partial charge on any atom is 0.256 e. The van der Waals surface area contributed by atoms with Gasteiger partial charge in [0, 0.05) is 19.2 Å². The number of rotatable bonds is 1. The Balaban J connectivity index is 0.00000144. The number of carbonyl (C=O) groups excluding carboxylic acids is 1. The highest BCUT2D eigenvalue weighted by Gasteiger charge is 2.37. The van der Waals surface area contributed by atoms with Crippen LogP contribution in [0.1, 0.15) is 33.2 Å². The fourth-order valence-corrected chi connectivity index (χ4v) is 3.40. The standard InChI is InChI=1S/C17H16N2O2.ClH/c1-21-12-5-4-11-6-8-19-16(14(11)9-12)10-15-13(17(19)20)3-2-7-18-15;/h2-5,7,9,16H,6,8,10H2,1H3;1H. The lowest BCUT2D eigenvalue weighted by Crippen LogP contribution is -2.44. The van der Waals surface area contributed by atoms with E-state index in [2.05, 4.69) is 17.1 Å². The Morgan fingerprint density at radius 1 is 1.32 bits per heavy atom. The van der Waals surface area contributed by atoms with Gasteiger partial charge in [-0.2, -0.15) is 0 Å². The van der Waals surface area contributed by atoms with Gasteiger partial charge in [0.2, 0.25) is 0 Å². The van der Waals surface area contributed by atoms with Crippen molar-refractivity contribution in [1.29, 1.82) is 0 Å². The van der Waals surface area contributed by atoms with Crippen LogP contribution in [-0.2, 0) is 12.8 Å². The number of halogens is 1. The maximum atomic E-state index is 12.7. The van der Waals surface area contributed by atoms with E-state index in [1.54, 1.807) is 13.3 Å². The van der Waals surface area contributed by atoms with Crippen molar-refractivity contribution in [2.75, 3.05) is 13.7 Å².